The van der Waals surface area contributed by atoms with Gasteiger partial charge in [-0.25, -0.2) is 4.58 Å². The van der Waals surface area contributed by atoms with Crippen LogP contribution in [0.4, 0.5) is 5.69 Å². The van der Waals surface area contributed by atoms with Gasteiger partial charge >= 0.3 is 0 Å². The monoisotopic (exact) mass is 425 g/mol. The van der Waals surface area contributed by atoms with Crippen molar-refractivity contribution in [1.29, 1.82) is 0 Å². The maximum atomic E-state index is 6.33. The van der Waals surface area contributed by atoms with Gasteiger partial charge in [-0.2, -0.15) is 0 Å². The third-order valence-corrected chi connectivity index (χ3v) is 6.73. The summed E-state index contributed by atoms with van der Waals surface area (Å²) < 4.78 is 8.67. The minimum Gasteiger partial charge on any atom is -0.456 e. The number of fused-ring (bicyclic) bond motifs is 2. The fraction of sp³-hybridized carbons (Fsp3) is 0.292. The van der Waals surface area contributed by atoms with E-state index in [0.717, 1.165) is 52.5 Å². The molecule has 0 spiro atoms. The summed E-state index contributed by atoms with van der Waals surface area (Å²) >= 11 is 7.99. The Balaban J connectivity index is 1.81. The molecule has 1 aliphatic carbocycles. The molecule has 0 radical (unpaired) electrons. The lowest BCUT2D eigenvalue weighted by Crippen LogP contribution is -2.29. The van der Waals surface area contributed by atoms with Crippen LogP contribution in [0.2, 0.25) is 5.02 Å². The minimum atomic E-state index is 0.763. The van der Waals surface area contributed by atoms with Crippen LogP contribution >= 0.6 is 23.4 Å². The van der Waals surface area contributed by atoms with Crippen molar-refractivity contribution in [1.82, 2.24) is 4.58 Å². The van der Waals surface area contributed by atoms with E-state index < -0.39 is 0 Å². The Morgan fingerprint density at radius 2 is 1.86 bits per heavy atom. The van der Waals surface area contributed by atoms with Crippen LogP contribution in [0.3, 0.4) is 0 Å². The van der Waals surface area contributed by atoms with E-state index in [9.17, 15) is 0 Å². The molecule has 1 aromatic rings. The van der Waals surface area contributed by atoms with Gasteiger partial charge in [0.05, 0.1) is 16.8 Å². The second kappa shape index (κ2) is 8.29. The maximum Gasteiger partial charge on any atom is 0.203 e. The molecule has 0 N–H and O–H groups in total. The molecule has 29 heavy (non-hydrogen) atoms. The van der Waals surface area contributed by atoms with E-state index in [2.05, 4.69) is 73.6 Å². The highest BCUT2D eigenvalue weighted by atomic mass is 35.5. The molecule has 3 aliphatic rings. The van der Waals surface area contributed by atoms with E-state index in [1.165, 1.54) is 15.8 Å². The molecule has 0 fully saturated rings. The van der Waals surface area contributed by atoms with Gasteiger partial charge in [-0.3, -0.25) is 0 Å². The zero-order chi connectivity index (χ0) is 20.5. The van der Waals surface area contributed by atoms with Gasteiger partial charge in [-0.1, -0.05) is 23.4 Å². The molecule has 150 valence electrons. The summed E-state index contributed by atoms with van der Waals surface area (Å²) in [7, 11) is 0. The third kappa shape index (κ3) is 3.84. The Bertz CT molecular complexity index is 1130. The molecule has 1 aromatic carbocycles. The van der Waals surface area contributed by atoms with Crippen LogP contribution < -0.4 is 14.8 Å². The average Bonchev–Trinajstić information content (AvgIpc) is 3.04. The van der Waals surface area contributed by atoms with Crippen molar-refractivity contribution in [2.75, 3.05) is 24.5 Å². The number of nitrogens with zero attached hydrogens (tertiary/aromatic N) is 2. The highest BCUT2D eigenvalue weighted by molar-refractivity contribution is 8.03. The van der Waals surface area contributed by atoms with Crippen molar-refractivity contribution in [2.24, 2.45) is 0 Å². The molecule has 5 heteroatoms. The molecule has 2 aliphatic heterocycles. The second-order valence-electron chi connectivity index (χ2n) is 7.13. The molecule has 3 nitrogen and oxygen atoms in total. The minimum absolute atomic E-state index is 0.763. The first-order chi connectivity index (χ1) is 14.0. The number of rotatable bonds is 4. The Kier molecular flexibility index (Phi) is 5.75. The van der Waals surface area contributed by atoms with Crippen LogP contribution in [0.25, 0.3) is 17.4 Å². The van der Waals surface area contributed by atoms with Crippen LogP contribution in [0.15, 0.2) is 56.8 Å². The SMILES string of the molecule is CCN1/C(=C\c2cc(C)c3ccc(=[N+](CC)CC)cc-3o2)Sc2ccc(Cl)cc21. The number of benzene rings is 2. The maximum absolute atomic E-state index is 6.33. The molecular formula is C24H26ClN2OS+. The number of halogens is 1. The van der Waals surface area contributed by atoms with Crippen molar-refractivity contribution >= 4 is 35.1 Å². The molecule has 0 atom stereocenters. The van der Waals surface area contributed by atoms with E-state index in [4.69, 9.17) is 16.0 Å². The van der Waals surface area contributed by atoms with Crippen molar-refractivity contribution < 1.29 is 4.42 Å². The summed E-state index contributed by atoms with van der Waals surface area (Å²) in [6.45, 7) is 11.5. The molecule has 0 amide bonds. The first-order valence-corrected chi connectivity index (χ1v) is 11.3. The first-order valence-electron chi connectivity index (χ1n) is 10.1. The summed E-state index contributed by atoms with van der Waals surface area (Å²) in [5, 5.41) is 3.12. The highest BCUT2D eigenvalue weighted by Gasteiger charge is 2.24. The fourth-order valence-electron chi connectivity index (χ4n) is 3.85. The Labute approximate surface area is 181 Å². The second-order valence-corrected chi connectivity index (χ2v) is 8.62. The van der Waals surface area contributed by atoms with Gasteiger partial charge in [0.25, 0.3) is 0 Å². The summed E-state index contributed by atoms with van der Waals surface area (Å²) in [5.74, 6) is 1.79. The zero-order valence-electron chi connectivity index (χ0n) is 17.3. The zero-order valence-corrected chi connectivity index (χ0v) is 18.9. The van der Waals surface area contributed by atoms with E-state index in [0.29, 0.717) is 0 Å². The quantitative estimate of drug-likeness (QED) is 0.471. The van der Waals surface area contributed by atoms with Crippen molar-refractivity contribution in [3.63, 3.8) is 0 Å². The summed E-state index contributed by atoms with van der Waals surface area (Å²) in [6.07, 6.45) is 2.14. The Morgan fingerprint density at radius 1 is 1.07 bits per heavy atom. The summed E-state index contributed by atoms with van der Waals surface area (Å²) in [5.41, 5.74) is 3.54. The predicted octanol–water partition coefficient (Wildman–Crippen LogP) is 6.09. The largest absolute Gasteiger partial charge is 0.456 e. The molecule has 0 unspecified atom stereocenters. The molecule has 0 bridgehead atoms. The van der Waals surface area contributed by atoms with Crippen molar-refractivity contribution in [3.8, 4) is 11.3 Å². The van der Waals surface area contributed by atoms with Gasteiger partial charge in [-0.15, -0.1) is 0 Å². The molecule has 4 rings (SSSR count). The van der Waals surface area contributed by atoms with Gasteiger partial charge in [0, 0.05) is 34.2 Å². The summed E-state index contributed by atoms with van der Waals surface area (Å²) in [6, 6.07) is 14.7. The van der Waals surface area contributed by atoms with Gasteiger partial charge in [0.1, 0.15) is 24.6 Å². The lowest BCUT2D eigenvalue weighted by molar-refractivity contribution is 0.549. The number of hydrogen-bond acceptors (Lipinski definition) is 3. The van der Waals surface area contributed by atoms with Crippen molar-refractivity contribution in [3.05, 3.63) is 69.2 Å². The van der Waals surface area contributed by atoms with E-state index >= 15 is 0 Å². The van der Waals surface area contributed by atoms with Crippen LogP contribution in [0, 0.1) is 6.92 Å². The van der Waals surface area contributed by atoms with Gasteiger partial charge in [0.2, 0.25) is 5.36 Å². The van der Waals surface area contributed by atoms with Crippen LogP contribution in [0.5, 0.6) is 0 Å². The molecule has 0 saturated heterocycles. The standard InChI is InChI=1S/C24H26ClN2OS/c1-5-26(6-2)18-9-10-20-16(4)12-19(28-22(20)14-18)15-24-27(7-3)21-13-17(25)8-11-23(21)29-24/h8-15H,5-7H2,1-4H3/q+1. The fourth-order valence-corrected chi connectivity index (χ4v) is 5.17. The number of hydrogen-bond donors (Lipinski definition) is 0. The molecule has 2 heterocycles. The van der Waals surface area contributed by atoms with Crippen LogP contribution in [-0.4, -0.2) is 19.6 Å². The van der Waals surface area contributed by atoms with Crippen molar-refractivity contribution in [2.45, 2.75) is 32.6 Å². The normalized spacial score (nSPS) is 14.7. The third-order valence-electron chi connectivity index (χ3n) is 5.38. The summed E-state index contributed by atoms with van der Waals surface area (Å²) in [4.78, 5) is 3.51. The predicted molar refractivity (Wildman–Crippen MR) is 125 cm³/mol. The lowest BCUT2D eigenvalue weighted by atomic mass is 10.0. The average molecular weight is 426 g/mol. The lowest BCUT2D eigenvalue weighted by Gasteiger charge is -2.18. The Hall–Kier alpha value is -2.17. The van der Waals surface area contributed by atoms with E-state index in [1.807, 2.05) is 12.1 Å². The van der Waals surface area contributed by atoms with Gasteiger partial charge < -0.3 is 9.32 Å². The first kappa shape index (κ1) is 20.1. The molecular weight excluding hydrogens is 400 g/mol. The van der Waals surface area contributed by atoms with E-state index in [1.54, 1.807) is 11.8 Å². The highest BCUT2D eigenvalue weighted by Crippen LogP contribution is 2.47. The number of thioether (sulfide) groups is 1. The topological polar surface area (TPSA) is 19.4 Å². The molecule has 0 aromatic heterocycles. The van der Waals surface area contributed by atoms with Gasteiger partial charge in [0.15, 0.2) is 0 Å². The van der Waals surface area contributed by atoms with Crippen LogP contribution in [-0.2, 0) is 0 Å². The van der Waals surface area contributed by atoms with Crippen LogP contribution in [0.1, 0.15) is 32.1 Å². The smallest absolute Gasteiger partial charge is 0.203 e. The number of aryl methyl sites for hydroxylation is 1. The molecule has 0 saturated carbocycles. The number of anilines is 1. The Morgan fingerprint density at radius 3 is 2.59 bits per heavy atom. The van der Waals surface area contributed by atoms with Gasteiger partial charge in [-0.05, 0) is 63.6 Å². The van der Waals surface area contributed by atoms with E-state index in [-0.39, 0.29) is 0 Å².